The van der Waals surface area contributed by atoms with E-state index < -0.39 is 0 Å². The molecule has 2 heterocycles. The fourth-order valence-corrected chi connectivity index (χ4v) is 4.66. The van der Waals surface area contributed by atoms with Crippen LogP contribution in [0.5, 0.6) is 5.75 Å². The van der Waals surface area contributed by atoms with E-state index in [4.69, 9.17) is 4.74 Å². The van der Waals surface area contributed by atoms with E-state index in [0.717, 1.165) is 42.8 Å². The van der Waals surface area contributed by atoms with Crippen molar-refractivity contribution in [3.05, 3.63) is 65.2 Å². The van der Waals surface area contributed by atoms with E-state index in [-0.39, 0.29) is 23.7 Å². The molecule has 0 N–H and O–H groups in total. The Hall–Kier alpha value is -2.82. The van der Waals surface area contributed by atoms with Gasteiger partial charge in [-0.1, -0.05) is 29.8 Å². The zero-order valence-corrected chi connectivity index (χ0v) is 17.8. The largest absolute Gasteiger partial charge is 0.497 e. The predicted octanol–water partition coefficient (Wildman–Crippen LogP) is 3.87. The Balaban J connectivity index is 1.61. The van der Waals surface area contributed by atoms with Crippen molar-refractivity contribution in [2.75, 3.05) is 33.3 Å². The molecule has 2 aliphatic rings. The molecule has 2 saturated heterocycles. The number of ether oxygens (including phenoxy) is 1. The van der Waals surface area contributed by atoms with E-state index in [1.165, 1.54) is 6.42 Å². The third-order valence-corrected chi connectivity index (χ3v) is 6.41. The van der Waals surface area contributed by atoms with Crippen LogP contribution >= 0.6 is 0 Å². The number of aryl methyl sites for hydroxylation is 1. The molecule has 0 aromatic heterocycles. The van der Waals surface area contributed by atoms with E-state index in [1.54, 1.807) is 7.11 Å². The highest BCUT2D eigenvalue weighted by Gasteiger charge is 2.42. The Morgan fingerprint density at radius 2 is 1.67 bits per heavy atom. The molecule has 158 valence electrons. The molecule has 2 aliphatic heterocycles. The van der Waals surface area contributed by atoms with Gasteiger partial charge in [0.05, 0.1) is 13.0 Å². The number of benzene rings is 2. The maximum atomic E-state index is 13.4. The molecule has 2 atom stereocenters. The Morgan fingerprint density at radius 3 is 2.37 bits per heavy atom. The standard InChI is InChI=1S/C25H30N2O3/c1-18-9-11-19(12-10-18)24(28)27-16-22(20-7-6-8-21(15-20)30-2)23(17-27)25(29)26-13-4-3-5-14-26/h6-12,15,22-23H,3-5,13-14,16-17H2,1-2H3. The van der Waals surface area contributed by atoms with Gasteiger partial charge in [0.1, 0.15) is 5.75 Å². The molecule has 5 nitrogen and oxygen atoms in total. The van der Waals surface area contributed by atoms with E-state index in [1.807, 2.05) is 65.3 Å². The number of carbonyl (C=O) groups excluding carboxylic acids is 2. The van der Waals surface area contributed by atoms with Gasteiger partial charge >= 0.3 is 0 Å². The quantitative estimate of drug-likeness (QED) is 0.774. The number of amides is 2. The van der Waals surface area contributed by atoms with Crippen molar-refractivity contribution in [2.24, 2.45) is 5.92 Å². The number of carbonyl (C=O) groups is 2. The minimum Gasteiger partial charge on any atom is -0.497 e. The summed E-state index contributed by atoms with van der Waals surface area (Å²) in [5.41, 5.74) is 2.86. The summed E-state index contributed by atoms with van der Waals surface area (Å²) in [6, 6.07) is 15.6. The number of rotatable bonds is 4. The van der Waals surface area contributed by atoms with Crippen LogP contribution in [0.1, 0.15) is 46.7 Å². The Kier molecular flexibility index (Phi) is 6.07. The van der Waals surface area contributed by atoms with Crippen LogP contribution in [-0.4, -0.2) is 54.9 Å². The van der Waals surface area contributed by atoms with Crippen LogP contribution in [0.4, 0.5) is 0 Å². The molecule has 2 unspecified atom stereocenters. The zero-order chi connectivity index (χ0) is 21.1. The van der Waals surface area contributed by atoms with E-state index in [0.29, 0.717) is 18.7 Å². The summed E-state index contributed by atoms with van der Waals surface area (Å²) in [5, 5.41) is 0. The van der Waals surface area contributed by atoms with Gasteiger partial charge in [-0.3, -0.25) is 9.59 Å². The van der Waals surface area contributed by atoms with Crippen molar-refractivity contribution in [3.63, 3.8) is 0 Å². The lowest BCUT2D eigenvalue weighted by Crippen LogP contribution is -2.42. The number of hydrogen-bond acceptors (Lipinski definition) is 3. The van der Waals surface area contributed by atoms with Crippen LogP contribution in [0, 0.1) is 12.8 Å². The second-order valence-electron chi connectivity index (χ2n) is 8.45. The fourth-order valence-electron chi connectivity index (χ4n) is 4.66. The number of piperidine rings is 1. The second-order valence-corrected chi connectivity index (χ2v) is 8.45. The van der Waals surface area contributed by atoms with Gasteiger partial charge in [-0.25, -0.2) is 0 Å². The van der Waals surface area contributed by atoms with E-state index >= 15 is 0 Å². The molecule has 30 heavy (non-hydrogen) atoms. The molecular formula is C25H30N2O3. The van der Waals surface area contributed by atoms with Crippen LogP contribution in [0.15, 0.2) is 48.5 Å². The number of methoxy groups -OCH3 is 1. The molecule has 4 rings (SSSR count). The summed E-state index contributed by atoms with van der Waals surface area (Å²) >= 11 is 0. The van der Waals surface area contributed by atoms with Gasteiger partial charge in [-0.05, 0) is 56.0 Å². The zero-order valence-electron chi connectivity index (χ0n) is 17.8. The van der Waals surface area contributed by atoms with Gasteiger partial charge < -0.3 is 14.5 Å². The molecule has 0 bridgehead atoms. The fraction of sp³-hybridized carbons (Fsp3) is 0.440. The molecule has 0 spiro atoms. The van der Waals surface area contributed by atoms with Gasteiger partial charge in [-0.2, -0.15) is 0 Å². The lowest BCUT2D eigenvalue weighted by atomic mass is 9.87. The van der Waals surface area contributed by atoms with Gasteiger partial charge in [-0.15, -0.1) is 0 Å². The molecule has 5 heteroatoms. The Labute approximate surface area is 178 Å². The average molecular weight is 407 g/mol. The number of likely N-dealkylation sites (tertiary alicyclic amines) is 2. The first kappa shape index (κ1) is 20.5. The molecule has 0 radical (unpaired) electrons. The summed E-state index contributed by atoms with van der Waals surface area (Å²) in [6.07, 6.45) is 3.31. The monoisotopic (exact) mass is 406 g/mol. The minimum atomic E-state index is -0.218. The van der Waals surface area contributed by atoms with Crippen molar-refractivity contribution in [1.29, 1.82) is 0 Å². The van der Waals surface area contributed by atoms with Crippen LogP contribution in [0.3, 0.4) is 0 Å². The van der Waals surface area contributed by atoms with Crippen LogP contribution < -0.4 is 4.74 Å². The van der Waals surface area contributed by atoms with Gasteiger partial charge in [0.25, 0.3) is 5.91 Å². The lowest BCUT2D eigenvalue weighted by molar-refractivity contribution is -0.136. The first-order chi connectivity index (χ1) is 14.6. The molecule has 0 aliphatic carbocycles. The van der Waals surface area contributed by atoms with Gasteiger partial charge in [0.15, 0.2) is 0 Å². The third-order valence-electron chi connectivity index (χ3n) is 6.41. The van der Waals surface area contributed by atoms with Crippen LogP contribution in [-0.2, 0) is 4.79 Å². The van der Waals surface area contributed by atoms with Crippen molar-refractivity contribution in [1.82, 2.24) is 9.80 Å². The van der Waals surface area contributed by atoms with Crippen molar-refractivity contribution >= 4 is 11.8 Å². The SMILES string of the molecule is COc1cccc(C2CN(C(=O)c3ccc(C)cc3)CC2C(=O)N2CCCCC2)c1. The van der Waals surface area contributed by atoms with E-state index in [2.05, 4.69) is 0 Å². The number of nitrogens with zero attached hydrogens (tertiary/aromatic N) is 2. The second kappa shape index (κ2) is 8.90. The first-order valence-corrected chi connectivity index (χ1v) is 10.9. The van der Waals surface area contributed by atoms with Crippen LogP contribution in [0.25, 0.3) is 0 Å². The Bertz CT molecular complexity index is 903. The Morgan fingerprint density at radius 1 is 0.933 bits per heavy atom. The first-order valence-electron chi connectivity index (χ1n) is 10.9. The summed E-state index contributed by atoms with van der Waals surface area (Å²) in [6.45, 7) is 4.67. The maximum absolute atomic E-state index is 13.4. The van der Waals surface area contributed by atoms with Gasteiger partial charge in [0.2, 0.25) is 5.91 Å². The maximum Gasteiger partial charge on any atom is 0.253 e. The van der Waals surface area contributed by atoms with Crippen molar-refractivity contribution in [2.45, 2.75) is 32.1 Å². The molecule has 0 saturated carbocycles. The summed E-state index contributed by atoms with van der Waals surface area (Å²) in [7, 11) is 1.65. The molecule has 2 fully saturated rings. The predicted molar refractivity (Wildman–Crippen MR) is 117 cm³/mol. The smallest absolute Gasteiger partial charge is 0.253 e. The summed E-state index contributed by atoms with van der Waals surface area (Å²) in [4.78, 5) is 30.5. The normalized spacial score (nSPS) is 21.5. The summed E-state index contributed by atoms with van der Waals surface area (Å²) in [5.74, 6) is 0.715. The van der Waals surface area contributed by atoms with Crippen molar-refractivity contribution in [3.8, 4) is 5.75 Å². The molecule has 2 aromatic rings. The average Bonchev–Trinajstić information content (AvgIpc) is 3.25. The third kappa shape index (κ3) is 4.20. The highest BCUT2D eigenvalue weighted by molar-refractivity contribution is 5.95. The molecule has 2 amide bonds. The van der Waals surface area contributed by atoms with Gasteiger partial charge in [0, 0.05) is 37.7 Å². The molecule has 2 aromatic carbocycles. The highest BCUT2D eigenvalue weighted by atomic mass is 16.5. The highest BCUT2D eigenvalue weighted by Crippen LogP contribution is 2.36. The summed E-state index contributed by atoms with van der Waals surface area (Å²) < 4.78 is 5.41. The van der Waals surface area contributed by atoms with E-state index in [9.17, 15) is 9.59 Å². The number of hydrogen-bond donors (Lipinski definition) is 0. The van der Waals surface area contributed by atoms with Crippen LogP contribution in [0.2, 0.25) is 0 Å². The molecular weight excluding hydrogens is 376 g/mol. The minimum absolute atomic E-state index is 0.00293. The van der Waals surface area contributed by atoms with Crippen molar-refractivity contribution < 1.29 is 14.3 Å². The topological polar surface area (TPSA) is 49.9 Å². The lowest BCUT2D eigenvalue weighted by Gasteiger charge is -2.31.